The molecule has 0 saturated carbocycles. The first-order valence-electron chi connectivity index (χ1n) is 2.31. The SMILES string of the molecule is C[C-]=C(C)CC.[CH3-].[V+2]. The van der Waals surface area contributed by atoms with E-state index in [1.807, 2.05) is 6.92 Å². The maximum Gasteiger partial charge on any atom is 2.00 e. The summed E-state index contributed by atoms with van der Waals surface area (Å²) >= 11 is 0. The molecule has 1 heteroatoms. The van der Waals surface area contributed by atoms with E-state index in [2.05, 4.69) is 19.9 Å². The number of allylic oxidation sites excluding steroid dienone is 2. The van der Waals surface area contributed by atoms with Gasteiger partial charge in [-0.25, -0.2) is 0 Å². The summed E-state index contributed by atoms with van der Waals surface area (Å²) in [5, 5.41) is 0. The number of hydrogen-bond donors (Lipinski definition) is 0. The Hall–Kier alpha value is 0.324. The van der Waals surface area contributed by atoms with Crippen molar-refractivity contribution in [3.05, 3.63) is 19.1 Å². The third-order valence-electron chi connectivity index (χ3n) is 0.957. The Labute approximate surface area is 65.3 Å². The van der Waals surface area contributed by atoms with E-state index in [0.29, 0.717) is 0 Å². The van der Waals surface area contributed by atoms with Crippen LogP contribution in [0.25, 0.3) is 0 Å². The van der Waals surface area contributed by atoms with Crippen LogP contribution in [0.2, 0.25) is 0 Å². The molecule has 0 unspecified atom stereocenters. The molecule has 0 amide bonds. The molecule has 0 aliphatic heterocycles. The van der Waals surface area contributed by atoms with Crippen molar-refractivity contribution >= 4 is 0 Å². The first-order valence-corrected chi connectivity index (χ1v) is 2.31. The van der Waals surface area contributed by atoms with Crippen LogP contribution in [0, 0.1) is 13.5 Å². The summed E-state index contributed by atoms with van der Waals surface area (Å²) in [7, 11) is 0. The zero-order chi connectivity index (χ0) is 4.99. The van der Waals surface area contributed by atoms with Crippen LogP contribution in [-0.4, -0.2) is 0 Å². The van der Waals surface area contributed by atoms with Crippen LogP contribution in [-0.2, 0) is 18.6 Å². The first-order chi connectivity index (χ1) is 2.81. The summed E-state index contributed by atoms with van der Waals surface area (Å²) in [5.41, 5.74) is 1.34. The van der Waals surface area contributed by atoms with E-state index in [0.717, 1.165) is 6.42 Å². The molecule has 0 aliphatic rings. The molecule has 0 N–H and O–H groups in total. The van der Waals surface area contributed by atoms with Crippen LogP contribution in [0.5, 0.6) is 0 Å². The van der Waals surface area contributed by atoms with Crippen molar-refractivity contribution in [1.29, 1.82) is 0 Å². The van der Waals surface area contributed by atoms with Crippen LogP contribution < -0.4 is 0 Å². The summed E-state index contributed by atoms with van der Waals surface area (Å²) in [6, 6.07) is 0. The van der Waals surface area contributed by atoms with E-state index >= 15 is 0 Å². The predicted molar refractivity (Wildman–Crippen MR) is 34.8 cm³/mol. The second-order valence-electron chi connectivity index (χ2n) is 1.38. The minimum absolute atomic E-state index is 0. The summed E-state index contributed by atoms with van der Waals surface area (Å²) in [6.45, 7) is 6.16. The van der Waals surface area contributed by atoms with Gasteiger partial charge in [-0.3, -0.25) is 5.57 Å². The summed E-state index contributed by atoms with van der Waals surface area (Å²) in [5.74, 6) is 0. The van der Waals surface area contributed by atoms with Gasteiger partial charge in [0.15, 0.2) is 0 Å². The van der Waals surface area contributed by atoms with Gasteiger partial charge < -0.3 is 13.5 Å². The zero-order valence-electron chi connectivity index (χ0n) is 6.15. The van der Waals surface area contributed by atoms with E-state index in [4.69, 9.17) is 0 Å². The summed E-state index contributed by atoms with van der Waals surface area (Å²) in [6.07, 6.45) is 4.17. The standard InChI is InChI=1S/C6H11.CH3.V/c1-4-6(3)5-2;;/h4H2,1-3H3;1H3;/q2*-1;+2. The largest absolute Gasteiger partial charge is 2.00 e. The van der Waals surface area contributed by atoms with Gasteiger partial charge in [0.2, 0.25) is 0 Å². The van der Waals surface area contributed by atoms with Crippen LogP contribution >= 0.6 is 0 Å². The second-order valence-corrected chi connectivity index (χ2v) is 1.38. The minimum atomic E-state index is 0. The molecule has 0 fully saturated rings. The fourth-order valence-electron chi connectivity index (χ4n) is 0.177. The Morgan fingerprint density at radius 2 is 1.88 bits per heavy atom. The Kier molecular flexibility index (Phi) is 20.3. The Balaban J connectivity index is -0.000000125. The molecule has 47 valence electrons. The smallest absolute Gasteiger partial charge is 0.501 e. The van der Waals surface area contributed by atoms with Gasteiger partial charge in [-0.05, 0) is 0 Å². The van der Waals surface area contributed by atoms with E-state index in [9.17, 15) is 0 Å². The Morgan fingerprint density at radius 1 is 1.50 bits per heavy atom. The van der Waals surface area contributed by atoms with Crippen molar-refractivity contribution in [1.82, 2.24) is 0 Å². The summed E-state index contributed by atoms with van der Waals surface area (Å²) < 4.78 is 0. The van der Waals surface area contributed by atoms with Crippen LogP contribution in [0.1, 0.15) is 27.2 Å². The third-order valence-corrected chi connectivity index (χ3v) is 0.957. The molecule has 8 heavy (non-hydrogen) atoms. The molecule has 0 bridgehead atoms. The van der Waals surface area contributed by atoms with E-state index in [-0.39, 0.29) is 26.0 Å². The average molecular weight is 149 g/mol. The van der Waals surface area contributed by atoms with E-state index in [1.54, 1.807) is 0 Å². The molecule has 0 saturated heterocycles. The van der Waals surface area contributed by atoms with Crippen molar-refractivity contribution in [3.63, 3.8) is 0 Å². The van der Waals surface area contributed by atoms with Gasteiger partial charge in [0.05, 0.1) is 0 Å². The van der Waals surface area contributed by atoms with Gasteiger partial charge in [-0.2, -0.15) is 6.92 Å². The maximum absolute atomic E-state index is 3.03. The molecule has 0 aliphatic carbocycles. The Bertz CT molecular complexity index is 55.4. The van der Waals surface area contributed by atoms with Gasteiger partial charge in [0, 0.05) is 0 Å². The van der Waals surface area contributed by atoms with Crippen LogP contribution in [0.3, 0.4) is 0 Å². The second kappa shape index (κ2) is 10.3. The van der Waals surface area contributed by atoms with Crippen molar-refractivity contribution in [3.8, 4) is 0 Å². The van der Waals surface area contributed by atoms with Crippen molar-refractivity contribution < 1.29 is 18.6 Å². The molecule has 0 aromatic carbocycles. The van der Waals surface area contributed by atoms with Gasteiger partial charge in [-0.15, -0.1) is 0 Å². The fraction of sp³-hybridized carbons (Fsp3) is 0.571. The number of rotatable bonds is 1. The molecule has 0 atom stereocenters. The van der Waals surface area contributed by atoms with Gasteiger partial charge >= 0.3 is 18.6 Å². The molecule has 1 radical (unpaired) electrons. The average Bonchev–Trinajstić information content (AvgIpc) is 1.65. The molecular weight excluding hydrogens is 135 g/mol. The Morgan fingerprint density at radius 3 is 1.88 bits per heavy atom. The van der Waals surface area contributed by atoms with Crippen LogP contribution in [0.4, 0.5) is 0 Å². The van der Waals surface area contributed by atoms with Crippen LogP contribution in [0.15, 0.2) is 5.57 Å². The van der Waals surface area contributed by atoms with E-state index < -0.39 is 0 Å². The normalized spacial score (nSPS) is 9.12. The third kappa shape index (κ3) is 9.59. The molecule has 0 rings (SSSR count). The minimum Gasteiger partial charge on any atom is -0.501 e. The van der Waals surface area contributed by atoms with Crippen molar-refractivity contribution in [2.75, 3.05) is 0 Å². The molecule has 0 nitrogen and oxygen atoms in total. The zero-order valence-corrected chi connectivity index (χ0v) is 7.55. The van der Waals surface area contributed by atoms with Gasteiger partial charge in [0.25, 0.3) is 0 Å². The molecule has 0 spiro atoms. The molecule has 0 aromatic rings. The van der Waals surface area contributed by atoms with Crippen molar-refractivity contribution in [2.45, 2.75) is 27.2 Å². The maximum atomic E-state index is 3.03. The predicted octanol–water partition coefficient (Wildman–Crippen LogP) is 2.61. The molecular formula is C7H14V. The van der Waals surface area contributed by atoms with Gasteiger partial charge in [-0.1, -0.05) is 20.3 Å². The number of hydrogen-bond acceptors (Lipinski definition) is 0. The van der Waals surface area contributed by atoms with Crippen molar-refractivity contribution in [2.24, 2.45) is 0 Å². The summed E-state index contributed by atoms with van der Waals surface area (Å²) in [4.78, 5) is 0. The quantitative estimate of drug-likeness (QED) is 0.503. The van der Waals surface area contributed by atoms with Gasteiger partial charge in [0.1, 0.15) is 0 Å². The van der Waals surface area contributed by atoms with E-state index in [1.165, 1.54) is 5.57 Å². The monoisotopic (exact) mass is 149 g/mol. The molecule has 0 heterocycles. The molecule has 0 aromatic heterocycles. The first kappa shape index (κ1) is 15.8. The fourth-order valence-corrected chi connectivity index (χ4v) is 0.177. The topological polar surface area (TPSA) is 0 Å².